The molecule has 0 fully saturated rings. The molecule has 1 aromatic rings. The Morgan fingerprint density at radius 3 is 2.38 bits per heavy atom. The molecule has 0 aliphatic carbocycles. The van der Waals surface area contributed by atoms with E-state index in [4.69, 9.17) is 9.84 Å². The average molecular weight is 223 g/mol. The van der Waals surface area contributed by atoms with Crippen molar-refractivity contribution in [3.8, 4) is 0 Å². The number of carbonyl (C=O) groups excluding carboxylic acids is 2. The average Bonchev–Trinajstić information content (AvgIpc) is 2.25. The zero-order chi connectivity index (χ0) is 12.1. The maximum atomic E-state index is 11.4. The summed E-state index contributed by atoms with van der Waals surface area (Å²) in [4.78, 5) is 22.1. The lowest BCUT2D eigenvalue weighted by Gasteiger charge is -2.07. The third-order valence-corrected chi connectivity index (χ3v) is 1.82. The third kappa shape index (κ3) is 3.06. The first-order valence-electron chi connectivity index (χ1n) is 4.68. The summed E-state index contributed by atoms with van der Waals surface area (Å²) in [7, 11) is 0. The number of rotatable bonds is 4. The van der Waals surface area contributed by atoms with Gasteiger partial charge in [0.05, 0.1) is 17.2 Å². The van der Waals surface area contributed by atoms with Gasteiger partial charge in [-0.3, -0.25) is 0 Å². The summed E-state index contributed by atoms with van der Waals surface area (Å²) in [6.45, 7) is 1.28. The molecule has 0 aliphatic heterocycles. The molecule has 1 N–H and O–H groups in total. The first-order chi connectivity index (χ1) is 7.52. The van der Waals surface area contributed by atoms with Crippen molar-refractivity contribution in [3.05, 3.63) is 35.4 Å². The Morgan fingerprint density at radius 2 is 1.88 bits per heavy atom. The molecule has 1 aromatic carbocycles. The van der Waals surface area contributed by atoms with Crippen LogP contribution < -0.4 is 0 Å². The number of aliphatic hydroxyl groups is 1. The lowest BCUT2D eigenvalue weighted by atomic mass is 10.1. The van der Waals surface area contributed by atoms with Crippen molar-refractivity contribution in [2.24, 2.45) is 0 Å². The van der Waals surface area contributed by atoms with Crippen LogP contribution in [0.25, 0.3) is 0 Å². The van der Waals surface area contributed by atoms with Crippen molar-refractivity contribution in [3.63, 3.8) is 0 Å². The number of hydrogen-bond acceptors (Lipinski definition) is 4. The van der Waals surface area contributed by atoms with Crippen LogP contribution in [0, 0.1) is 0 Å². The Labute approximate surface area is 92.3 Å². The van der Waals surface area contributed by atoms with E-state index in [2.05, 4.69) is 0 Å². The number of hydrogen-bond donors (Lipinski definition) is 1. The van der Waals surface area contributed by atoms with Crippen LogP contribution in [0.4, 0.5) is 0 Å². The van der Waals surface area contributed by atoms with E-state index in [9.17, 15) is 14.7 Å². The molecular weight excluding hydrogens is 212 g/mol. The first-order valence-corrected chi connectivity index (χ1v) is 4.68. The van der Waals surface area contributed by atoms with Crippen LogP contribution in [0.15, 0.2) is 24.3 Å². The highest BCUT2D eigenvalue weighted by Crippen LogP contribution is 2.10. The van der Waals surface area contributed by atoms with Gasteiger partial charge in [-0.15, -0.1) is 0 Å². The summed E-state index contributed by atoms with van der Waals surface area (Å²) >= 11 is 0. The molecule has 1 rings (SSSR count). The SMILES string of the molecule is CC(O)COC(=O)c1ccccc1C([O])=O. The molecule has 0 amide bonds. The molecule has 0 spiro atoms. The Hall–Kier alpha value is -1.88. The quantitative estimate of drug-likeness (QED) is 0.765. The monoisotopic (exact) mass is 223 g/mol. The minimum absolute atomic E-state index is 0.0804. The maximum absolute atomic E-state index is 11.4. The van der Waals surface area contributed by atoms with Crippen molar-refractivity contribution in [2.45, 2.75) is 13.0 Å². The highest BCUT2D eigenvalue weighted by Gasteiger charge is 2.18. The number of esters is 1. The Bertz CT molecular complexity index is 397. The standard InChI is InChI=1S/C11H11O5/c1-7(12)6-16-11(15)9-5-3-2-4-8(9)10(13)14/h2-5,7,12H,6H2,1H3. The fraction of sp³-hybridized carbons (Fsp3) is 0.273. The van der Waals surface area contributed by atoms with Crippen LogP contribution >= 0.6 is 0 Å². The second-order valence-corrected chi connectivity index (χ2v) is 3.28. The van der Waals surface area contributed by atoms with Gasteiger partial charge in [0, 0.05) is 0 Å². The molecule has 5 heteroatoms. The van der Waals surface area contributed by atoms with E-state index in [1.807, 2.05) is 0 Å². The largest absolute Gasteiger partial charge is 0.459 e. The summed E-state index contributed by atoms with van der Waals surface area (Å²) in [5.74, 6) is -2.23. The van der Waals surface area contributed by atoms with E-state index < -0.39 is 18.0 Å². The second kappa shape index (κ2) is 5.27. The van der Waals surface area contributed by atoms with Gasteiger partial charge in [-0.1, -0.05) is 12.1 Å². The lowest BCUT2D eigenvalue weighted by molar-refractivity contribution is 0.0290. The molecular formula is C11H11O5. The molecule has 0 heterocycles. The zero-order valence-corrected chi connectivity index (χ0v) is 8.67. The van der Waals surface area contributed by atoms with E-state index in [0.29, 0.717) is 0 Å². The van der Waals surface area contributed by atoms with Gasteiger partial charge < -0.3 is 9.84 Å². The van der Waals surface area contributed by atoms with Gasteiger partial charge >= 0.3 is 11.9 Å². The molecule has 0 bridgehead atoms. The van der Waals surface area contributed by atoms with E-state index in [0.717, 1.165) is 0 Å². The topological polar surface area (TPSA) is 83.5 Å². The smallest absolute Gasteiger partial charge is 0.387 e. The normalized spacial score (nSPS) is 11.9. The van der Waals surface area contributed by atoms with Crippen molar-refractivity contribution in [1.29, 1.82) is 0 Å². The lowest BCUT2D eigenvalue weighted by Crippen LogP contribution is -2.17. The number of carbonyl (C=O) groups is 2. The van der Waals surface area contributed by atoms with Crippen LogP contribution in [0.2, 0.25) is 0 Å². The van der Waals surface area contributed by atoms with E-state index >= 15 is 0 Å². The van der Waals surface area contributed by atoms with Crippen molar-refractivity contribution >= 4 is 11.9 Å². The van der Waals surface area contributed by atoms with Gasteiger partial charge in [0.2, 0.25) is 0 Å². The van der Waals surface area contributed by atoms with E-state index in [1.54, 1.807) is 0 Å². The predicted octanol–water partition coefficient (Wildman–Crippen LogP) is 0.795. The van der Waals surface area contributed by atoms with Gasteiger partial charge in [0.1, 0.15) is 6.61 Å². The summed E-state index contributed by atoms with van der Waals surface area (Å²) < 4.78 is 4.70. The van der Waals surface area contributed by atoms with E-state index in [1.165, 1.54) is 31.2 Å². The third-order valence-electron chi connectivity index (χ3n) is 1.82. The molecule has 1 unspecified atom stereocenters. The minimum Gasteiger partial charge on any atom is -0.459 e. The van der Waals surface area contributed by atoms with Gasteiger partial charge in [0.25, 0.3) is 0 Å². The number of aliphatic hydroxyl groups excluding tert-OH is 1. The Morgan fingerprint density at radius 1 is 1.31 bits per heavy atom. The summed E-state index contributed by atoms with van der Waals surface area (Å²) in [5.41, 5.74) is -0.304. The fourth-order valence-electron chi connectivity index (χ4n) is 1.11. The predicted molar refractivity (Wildman–Crippen MR) is 53.4 cm³/mol. The number of ether oxygens (including phenoxy) is 1. The molecule has 0 saturated heterocycles. The Kier molecular flexibility index (Phi) is 4.02. The van der Waals surface area contributed by atoms with Gasteiger partial charge in [-0.05, 0) is 19.1 Å². The minimum atomic E-state index is -1.44. The highest BCUT2D eigenvalue weighted by molar-refractivity contribution is 6.02. The Balaban J connectivity index is 2.86. The summed E-state index contributed by atoms with van der Waals surface area (Å²) in [5, 5.41) is 19.6. The molecule has 0 saturated carbocycles. The van der Waals surface area contributed by atoms with Crippen LogP contribution in [-0.4, -0.2) is 29.8 Å². The molecule has 5 nitrogen and oxygen atoms in total. The molecule has 85 valence electrons. The van der Waals surface area contributed by atoms with Crippen LogP contribution in [0.3, 0.4) is 0 Å². The molecule has 0 aliphatic rings. The van der Waals surface area contributed by atoms with Crippen molar-refractivity contribution in [2.75, 3.05) is 6.61 Å². The summed E-state index contributed by atoms with van der Waals surface area (Å²) in [6.07, 6.45) is -0.793. The van der Waals surface area contributed by atoms with Crippen LogP contribution in [-0.2, 0) is 9.84 Å². The molecule has 1 atom stereocenters. The van der Waals surface area contributed by atoms with E-state index in [-0.39, 0.29) is 17.7 Å². The number of benzene rings is 1. The fourth-order valence-corrected chi connectivity index (χ4v) is 1.11. The van der Waals surface area contributed by atoms with Crippen molar-refractivity contribution in [1.82, 2.24) is 0 Å². The van der Waals surface area contributed by atoms with Gasteiger partial charge in [-0.25, -0.2) is 14.7 Å². The van der Waals surface area contributed by atoms with Crippen molar-refractivity contribution < 1.29 is 24.5 Å². The molecule has 16 heavy (non-hydrogen) atoms. The van der Waals surface area contributed by atoms with Gasteiger partial charge in [-0.2, -0.15) is 0 Å². The molecule has 1 radical (unpaired) electrons. The van der Waals surface area contributed by atoms with Crippen LogP contribution in [0.1, 0.15) is 27.6 Å². The highest BCUT2D eigenvalue weighted by atomic mass is 16.5. The maximum Gasteiger partial charge on any atom is 0.387 e. The van der Waals surface area contributed by atoms with Gasteiger partial charge in [0.15, 0.2) is 0 Å². The second-order valence-electron chi connectivity index (χ2n) is 3.28. The zero-order valence-electron chi connectivity index (χ0n) is 8.67. The molecule has 0 aromatic heterocycles. The first kappa shape index (κ1) is 12.2. The van der Waals surface area contributed by atoms with Crippen LogP contribution in [0.5, 0.6) is 0 Å². The summed E-state index contributed by atoms with van der Waals surface area (Å²) in [6, 6.07) is 5.59.